The van der Waals surface area contributed by atoms with Crippen molar-refractivity contribution in [3.05, 3.63) is 81.7 Å². The van der Waals surface area contributed by atoms with Gasteiger partial charge in [-0.15, -0.1) is 0 Å². The van der Waals surface area contributed by atoms with Crippen LogP contribution in [-0.2, 0) is 0 Å². The Morgan fingerprint density at radius 3 is 2.60 bits per heavy atom. The van der Waals surface area contributed by atoms with Crippen LogP contribution in [0.3, 0.4) is 0 Å². The number of hydrogen-bond donors (Lipinski definition) is 1. The number of nitrogens with two attached hydrogens (primary N) is 1. The van der Waals surface area contributed by atoms with E-state index >= 15 is 0 Å². The number of nitrogens with zero attached hydrogens (tertiary/aromatic N) is 3. The van der Waals surface area contributed by atoms with Gasteiger partial charge in [-0.3, -0.25) is 14.4 Å². The van der Waals surface area contributed by atoms with Crippen LogP contribution in [0.2, 0.25) is 0 Å². The molecule has 3 aromatic rings. The number of aryl methyl sites for hydroxylation is 1. The summed E-state index contributed by atoms with van der Waals surface area (Å²) in [5.74, 6) is -1.43. The number of amides is 2. The molecule has 0 radical (unpaired) electrons. The average Bonchev–Trinajstić information content (AvgIpc) is 2.73. The van der Waals surface area contributed by atoms with Crippen molar-refractivity contribution in [3.63, 3.8) is 0 Å². The normalized spacial score (nSPS) is 13.9. The second-order valence-corrected chi connectivity index (χ2v) is 7.07. The molecule has 0 fully saturated rings. The van der Waals surface area contributed by atoms with Crippen LogP contribution in [0.15, 0.2) is 53.3 Å². The molecule has 2 amide bonds. The Kier molecular flexibility index (Phi) is 4.91. The number of carbonyl (C=O) groups is 2. The Bertz CT molecular complexity index is 1280. The summed E-state index contributed by atoms with van der Waals surface area (Å²) in [6.07, 6.45) is 2.39. The van der Waals surface area contributed by atoms with Gasteiger partial charge in [0.1, 0.15) is 11.6 Å². The van der Waals surface area contributed by atoms with Crippen LogP contribution in [-0.4, -0.2) is 39.4 Å². The van der Waals surface area contributed by atoms with Gasteiger partial charge in [-0.1, -0.05) is 12.1 Å². The van der Waals surface area contributed by atoms with E-state index in [2.05, 4.69) is 4.98 Å². The Balaban J connectivity index is 1.63. The van der Waals surface area contributed by atoms with Crippen LogP contribution < -0.4 is 11.3 Å². The average molecular weight is 406 g/mol. The maximum absolute atomic E-state index is 14.3. The van der Waals surface area contributed by atoms with Gasteiger partial charge in [0.05, 0.1) is 16.5 Å². The topological polar surface area (TPSA) is 98.3 Å². The maximum Gasteiger partial charge on any atom is 0.280 e. The molecule has 0 unspecified atom stereocenters. The highest BCUT2D eigenvalue weighted by molar-refractivity contribution is 5.97. The molecule has 0 bridgehead atoms. The van der Waals surface area contributed by atoms with E-state index in [4.69, 9.17) is 5.73 Å². The third-order valence-electron chi connectivity index (χ3n) is 5.21. The molecule has 8 heteroatoms. The van der Waals surface area contributed by atoms with Crippen molar-refractivity contribution in [1.82, 2.24) is 14.5 Å². The lowest BCUT2D eigenvalue weighted by Gasteiger charge is -2.28. The van der Waals surface area contributed by atoms with E-state index in [1.165, 1.54) is 17.0 Å². The van der Waals surface area contributed by atoms with Gasteiger partial charge in [0.15, 0.2) is 0 Å². The van der Waals surface area contributed by atoms with Crippen molar-refractivity contribution in [2.45, 2.75) is 13.3 Å². The van der Waals surface area contributed by atoms with Crippen LogP contribution in [0.4, 0.5) is 4.39 Å². The molecule has 7 nitrogen and oxygen atoms in total. The zero-order valence-corrected chi connectivity index (χ0v) is 16.3. The van der Waals surface area contributed by atoms with Crippen molar-refractivity contribution in [2.75, 3.05) is 13.1 Å². The molecule has 2 N–H and O–H groups in total. The number of para-hydroxylation sites is 1. The Hall–Kier alpha value is -3.81. The molecule has 4 rings (SSSR count). The highest BCUT2D eigenvalue weighted by atomic mass is 19.1. The standard InChI is InChI=1S/C22H19FN4O3/c1-13-25-21(29)17-4-2-3-5-19(17)27(13)15-8-10-26(11-9-15)22(30)16-7-6-14(20(24)28)12-18(16)23/h2-8,12H,9-11H2,1H3,(H2,24,28). The molecule has 1 aliphatic rings. The first kappa shape index (κ1) is 19.5. The molecule has 2 heterocycles. The zero-order chi connectivity index (χ0) is 21.4. The monoisotopic (exact) mass is 406 g/mol. The highest BCUT2D eigenvalue weighted by Crippen LogP contribution is 2.23. The fraction of sp³-hybridized carbons (Fsp3) is 0.182. The van der Waals surface area contributed by atoms with Crippen molar-refractivity contribution < 1.29 is 14.0 Å². The molecular weight excluding hydrogens is 387 g/mol. The van der Waals surface area contributed by atoms with E-state index < -0.39 is 17.6 Å². The SMILES string of the molecule is Cc1nc(=O)c2ccccc2n1C1=CCN(C(=O)c2ccc(C(N)=O)cc2F)CC1. The van der Waals surface area contributed by atoms with Crippen LogP contribution in [0.5, 0.6) is 0 Å². The molecule has 0 atom stereocenters. The van der Waals surface area contributed by atoms with Gasteiger partial charge in [0, 0.05) is 30.8 Å². The summed E-state index contributed by atoms with van der Waals surface area (Å²) in [4.78, 5) is 41.7. The number of hydrogen-bond acceptors (Lipinski definition) is 4. The van der Waals surface area contributed by atoms with Gasteiger partial charge in [-0.05, 0) is 43.3 Å². The first-order valence-electron chi connectivity index (χ1n) is 9.43. The van der Waals surface area contributed by atoms with E-state index in [-0.39, 0.29) is 23.2 Å². The summed E-state index contributed by atoms with van der Waals surface area (Å²) in [5.41, 5.74) is 6.46. The number of carbonyl (C=O) groups excluding carboxylic acids is 2. The Morgan fingerprint density at radius 1 is 1.17 bits per heavy atom. The molecular formula is C22H19FN4O3. The molecule has 152 valence electrons. The second kappa shape index (κ2) is 7.55. The number of aromatic nitrogens is 2. The second-order valence-electron chi connectivity index (χ2n) is 7.07. The van der Waals surface area contributed by atoms with E-state index in [1.807, 2.05) is 22.8 Å². The third-order valence-corrected chi connectivity index (χ3v) is 5.21. The van der Waals surface area contributed by atoms with E-state index in [0.29, 0.717) is 24.2 Å². The van der Waals surface area contributed by atoms with E-state index in [9.17, 15) is 18.8 Å². The van der Waals surface area contributed by atoms with Gasteiger partial charge in [-0.25, -0.2) is 4.39 Å². The molecule has 0 aliphatic carbocycles. The Labute approximate surface area is 171 Å². The van der Waals surface area contributed by atoms with Crippen molar-refractivity contribution in [1.29, 1.82) is 0 Å². The smallest absolute Gasteiger partial charge is 0.280 e. The number of halogens is 1. The fourth-order valence-electron chi connectivity index (χ4n) is 3.70. The van der Waals surface area contributed by atoms with Gasteiger partial charge < -0.3 is 15.2 Å². The summed E-state index contributed by atoms with van der Waals surface area (Å²) < 4.78 is 16.2. The van der Waals surface area contributed by atoms with Crippen LogP contribution in [0.1, 0.15) is 33.0 Å². The van der Waals surface area contributed by atoms with Crippen LogP contribution in [0, 0.1) is 12.7 Å². The predicted molar refractivity (Wildman–Crippen MR) is 110 cm³/mol. The summed E-state index contributed by atoms with van der Waals surface area (Å²) in [6, 6.07) is 10.8. The van der Waals surface area contributed by atoms with E-state index in [0.717, 1.165) is 17.3 Å². The highest BCUT2D eigenvalue weighted by Gasteiger charge is 2.23. The zero-order valence-electron chi connectivity index (χ0n) is 16.3. The molecule has 0 spiro atoms. The minimum Gasteiger partial charge on any atom is -0.366 e. The molecule has 2 aromatic carbocycles. The molecule has 1 aliphatic heterocycles. The molecule has 0 saturated heterocycles. The van der Waals surface area contributed by atoms with Gasteiger partial charge in [0.25, 0.3) is 11.5 Å². The molecule has 30 heavy (non-hydrogen) atoms. The molecule has 0 saturated carbocycles. The minimum atomic E-state index is -0.780. The van der Waals surface area contributed by atoms with Crippen molar-refractivity contribution in [2.24, 2.45) is 5.73 Å². The third kappa shape index (κ3) is 3.36. The fourth-order valence-corrected chi connectivity index (χ4v) is 3.70. The summed E-state index contributed by atoms with van der Waals surface area (Å²) in [7, 11) is 0. The summed E-state index contributed by atoms with van der Waals surface area (Å²) >= 11 is 0. The number of benzene rings is 2. The van der Waals surface area contributed by atoms with Crippen molar-refractivity contribution in [3.8, 4) is 0 Å². The number of primary amides is 1. The lowest BCUT2D eigenvalue weighted by Crippen LogP contribution is -2.36. The summed E-state index contributed by atoms with van der Waals surface area (Å²) in [5, 5.41) is 0.527. The lowest BCUT2D eigenvalue weighted by molar-refractivity contribution is 0.0766. The maximum atomic E-state index is 14.3. The number of fused-ring (bicyclic) bond motifs is 1. The number of rotatable bonds is 3. The van der Waals surface area contributed by atoms with E-state index in [1.54, 1.807) is 19.1 Å². The quantitative estimate of drug-likeness (QED) is 0.722. The first-order chi connectivity index (χ1) is 14.4. The largest absolute Gasteiger partial charge is 0.366 e. The predicted octanol–water partition coefficient (Wildman–Crippen LogP) is 2.33. The molecule has 1 aromatic heterocycles. The summed E-state index contributed by atoms with van der Waals surface area (Å²) in [6.45, 7) is 2.43. The van der Waals surface area contributed by atoms with Gasteiger partial charge in [-0.2, -0.15) is 4.98 Å². The minimum absolute atomic E-state index is 0.0120. The van der Waals surface area contributed by atoms with Crippen LogP contribution >= 0.6 is 0 Å². The van der Waals surface area contributed by atoms with Gasteiger partial charge >= 0.3 is 0 Å². The Morgan fingerprint density at radius 2 is 1.93 bits per heavy atom. The van der Waals surface area contributed by atoms with Crippen LogP contribution in [0.25, 0.3) is 16.6 Å². The van der Waals surface area contributed by atoms with Gasteiger partial charge in [0.2, 0.25) is 5.91 Å². The lowest BCUT2D eigenvalue weighted by atomic mass is 10.1. The first-order valence-corrected chi connectivity index (χ1v) is 9.43. The van der Waals surface area contributed by atoms with Crippen molar-refractivity contribution >= 4 is 28.4 Å².